The maximum atomic E-state index is 10.5. The molecule has 1 nitrogen and oxygen atoms in total. The molecule has 0 heterocycles. The van der Waals surface area contributed by atoms with Gasteiger partial charge in [-0.25, -0.2) is 0 Å². The molecule has 1 radical (unpaired) electrons. The highest BCUT2D eigenvalue weighted by Crippen LogP contribution is 2.15. The van der Waals surface area contributed by atoms with Crippen molar-refractivity contribution in [2.24, 2.45) is 5.92 Å². The average Bonchev–Trinajstić information content (AvgIpc) is 1.63. The molecule has 53 valence electrons. The molecule has 0 aliphatic heterocycles. The highest BCUT2D eigenvalue weighted by molar-refractivity contribution is 5.75. The zero-order valence-electron chi connectivity index (χ0n) is 6.69. The Morgan fingerprint density at radius 3 is 1.89 bits per heavy atom. The Balaban J connectivity index is 3.50. The number of Topliss-reactive ketones (excluding diaryl/α,β-unsaturated/α-hetero) is 1. The van der Waals surface area contributed by atoms with Crippen molar-refractivity contribution in [1.29, 1.82) is 0 Å². The van der Waals surface area contributed by atoms with E-state index in [1.54, 1.807) is 6.92 Å². The van der Waals surface area contributed by atoms with Crippen molar-refractivity contribution < 1.29 is 4.79 Å². The van der Waals surface area contributed by atoms with Gasteiger partial charge in [0.25, 0.3) is 0 Å². The number of rotatable bonds is 3. The number of hydrogen-bond acceptors (Lipinski definition) is 1. The van der Waals surface area contributed by atoms with E-state index < -0.39 is 0 Å². The van der Waals surface area contributed by atoms with E-state index in [2.05, 4.69) is 20.8 Å². The van der Waals surface area contributed by atoms with E-state index in [9.17, 15) is 4.79 Å². The van der Waals surface area contributed by atoms with E-state index in [1.807, 2.05) is 0 Å². The van der Waals surface area contributed by atoms with Gasteiger partial charge in [-0.2, -0.15) is 0 Å². The number of hydrogen-bond donors (Lipinski definition) is 0. The van der Waals surface area contributed by atoms with Crippen LogP contribution >= 0.6 is 0 Å². The minimum atomic E-state index is 0.281. The summed E-state index contributed by atoms with van der Waals surface area (Å²) >= 11 is 0. The quantitative estimate of drug-likeness (QED) is 0.568. The smallest absolute Gasteiger partial charge is 0.130 e. The van der Waals surface area contributed by atoms with Crippen molar-refractivity contribution in [3.63, 3.8) is 0 Å². The fourth-order valence-electron chi connectivity index (χ4n) is 0.635. The predicted molar refractivity (Wildman–Crippen MR) is 39.1 cm³/mol. The van der Waals surface area contributed by atoms with Gasteiger partial charge in [0.15, 0.2) is 0 Å². The summed E-state index contributed by atoms with van der Waals surface area (Å²) in [5.74, 6) is 2.08. The van der Waals surface area contributed by atoms with Crippen molar-refractivity contribution in [3.05, 3.63) is 5.92 Å². The minimum absolute atomic E-state index is 0.281. The Morgan fingerprint density at radius 2 is 1.78 bits per heavy atom. The van der Waals surface area contributed by atoms with Crippen LogP contribution in [0.1, 0.15) is 34.1 Å². The predicted octanol–water partition coefficient (Wildman–Crippen LogP) is 2.22. The van der Waals surface area contributed by atoms with Crippen LogP contribution in [-0.2, 0) is 4.79 Å². The van der Waals surface area contributed by atoms with Gasteiger partial charge in [-0.1, -0.05) is 20.8 Å². The summed E-state index contributed by atoms with van der Waals surface area (Å²) < 4.78 is 0. The highest BCUT2D eigenvalue weighted by atomic mass is 16.1. The zero-order valence-corrected chi connectivity index (χ0v) is 6.69. The molecule has 1 heteroatoms. The van der Waals surface area contributed by atoms with E-state index in [1.165, 1.54) is 5.92 Å². The van der Waals surface area contributed by atoms with Gasteiger partial charge in [-0.05, 0) is 18.8 Å². The summed E-state index contributed by atoms with van der Waals surface area (Å²) in [5.41, 5.74) is 0. The third kappa shape index (κ3) is 4.19. The zero-order chi connectivity index (χ0) is 7.44. The summed E-state index contributed by atoms with van der Waals surface area (Å²) in [6.45, 7) is 7.84. The summed E-state index contributed by atoms with van der Waals surface area (Å²) in [5, 5.41) is 0. The summed E-state index contributed by atoms with van der Waals surface area (Å²) in [4.78, 5) is 10.5. The van der Waals surface area contributed by atoms with Crippen LogP contribution in [0.3, 0.4) is 0 Å². The van der Waals surface area contributed by atoms with E-state index >= 15 is 0 Å². The Morgan fingerprint density at radius 1 is 1.33 bits per heavy atom. The lowest BCUT2D eigenvalue weighted by Crippen LogP contribution is -2.06. The first kappa shape index (κ1) is 8.67. The Kier molecular flexibility index (Phi) is 3.52. The van der Waals surface area contributed by atoms with Crippen LogP contribution in [0.2, 0.25) is 0 Å². The molecular weight excluding hydrogens is 112 g/mol. The molecular formula is C8H15O. The highest BCUT2D eigenvalue weighted by Gasteiger charge is 2.08. The van der Waals surface area contributed by atoms with Gasteiger partial charge >= 0.3 is 0 Å². The molecule has 0 fully saturated rings. The topological polar surface area (TPSA) is 17.1 Å². The third-order valence-electron chi connectivity index (χ3n) is 1.58. The lowest BCUT2D eigenvalue weighted by molar-refractivity contribution is -0.117. The fraction of sp³-hybridized carbons (Fsp3) is 0.750. The first-order valence-electron chi connectivity index (χ1n) is 3.33. The molecule has 0 aromatic rings. The van der Waals surface area contributed by atoms with Crippen LogP contribution in [0.4, 0.5) is 0 Å². The standard InChI is InChI=1S/C8H15O/c1-6(2)7(3)5-8(4)9/h7H,5H2,1-4H3. The molecule has 9 heavy (non-hydrogen) atoms. The van der Waals surface area contributed by atoms with Gasteiger partial charge < -0.3 is 4.79 Å². The van der Waals surface area contributed by atoms with E-state index in [4.69, 9.17) is 0 Å². The summed E-state index contributed by atoms with van der Waals surface area (Å²) in [7, 11) is 0. The fourth-order valence-corrected chi connectivity index (χ4v) is 0.635. The van der Waals surface area contributed by atoms with Crippen LogP contribution < -0.4 is 0 Å². The Labute approximate surface area is 57.5 Å². The van der Waals surface area contributed by atoms with Gasteiger partial charge in [0.1, 0.15) is 5.78 Å². The van der Waals surface area contributed by atoms with Crippen LogP contribution in [0.25, 0.3) is 0 Å². The van der Waals surface area contributed by atoms with Crippen molar-refractivity contribution in [2.45, 2.75) is 34.1 Å². The molecule has 0 N–H and O–H groups in total. The Hall–Kier alpha value is -0.330. The van der Waals surface area contributed by atoms with Crippen LogP contribution in [0.15, 0.2) is 0 Å². The second-order valence-corrected chi connectivity index (χ2v) is 2.88. The maximum absolute atomic E-state index is 10.5. The molecule has 0 rings (SSSR count). The molecule has 0 aromatic heterocycles. The van der Waals surface area contributed by atoms with Gasteiger partial charge in [0, 0.05) is 6.42 Å². The summed E-state index contributed by atoms with van der Waals surface area (Å²) in [6.07, 6.45) is 0.697. The SMILES string of the molecule is C[C](C)C(C)CC(C)=O. The number of carbonyl (C=O) groups excluding carboxylic acids is 1. The third-order valence-corrected chi connectivity index (χ3v) is 1.58. The monoisotopic (exact) mass is 127 g/mol. The number of ketones is 1. The Bertz CT molecular complexity index is 94.7. The second-order valence-electron chi connectivity index (χ2n) is 2.88. The second kappa shape index (κ2) is 3.65. The normalized spacial score (nSPS) is 13.9. The lowest BCUT2D eigenvalue weighted by atomic mass is 9.93. The molecule has 1 unspecified atom stereocenters. The first-order chi connectivity index (χ1) is 4.04. The first-order valence-corrected chi connectivity index (χ1v) is 3.33. The van der Waals surface area contributed by atoms with Gasteiger partial charge in [-0.15, -0.1) is 0 Å². The lowest BCUT2D eigenvalue weighted by Gasteiger charge is -2.11. The summed E-state index contributed by atoms with van der Waals surface area (Å²) in [6, 6.07) is 0. The van der Waals surface area contributed by atoms with Crippen molar-refractivity contribution in [3.8, 4) is 0 Å². The minimum Gasteiger partial charge on any atom is -0.300 e. The maximum Gasteiger partial charge on any atom is 0.130 e. The average molecular weight is 127 g/mol. The van der Waals surface area contributed by atoms with Gasteiger partial charge in [0.05, 0.1) is 0 Å². The van der Waals surface area contributed by atoms with Crippen molar-refractivity contribution >= 4 is 5.78 Å². The van der Waals surface area contributed by atoms with Gasteiger partial charge in [0.2, 0.25) is 0 Å². The molecule has 0 bridgehead atoms. The van der Waals surface area contributed by atoms with Crippen LogP contribution in [-0.4, -0.2) is 5.78 Å². The van der Waals surface area contributed by atoms with Gasteiger partial charge in [-0.3, -0.25) is 0 Å². The van der Waals surface area contributed by atoms with E-state index in [-0.39, 0.29) is 5.78 Å². The molecule has 0 amide bonds. The molecule has 0 saturated carbocycles. The molecule has 0 aliphatic carbocycles. The van der Waals surface area contributed by atoms with E-state index in [0.717, 1.165) is 0 Å². The molecule has 0 spiro atoms. The van der Waals surface area contributed by atoms with Crippen LogP contribution in [0, 0.1) is 11.8 Å². The number of carbonyl (C=O) groups is 1. The molecule has 0 aromatic carbocycles. The largest absolute Gasteiger partial charge is 0.300 e. The van der Waals surface area contributed by atoms with Crippen molar-refractivity contribution in [2.75, 3.05) is 0 Å². The van der Waals surface area contributed by atoms with E-state index in [0.29, 0.717) is 12.3 Å². The molecule has 0 aliphatic rings. The van der Waals surface area contributed by atoms with Crippen molar-refractivity contribution in [1.82, 2.24) is 0 Å². The molecule has 1 atom stereocenters. The molecule has 0 saturated heterocycles. The van der Waals surface area contributed by atoms with Crippen LogP contribution in [0.5, 0.6) is 0 Å².